The molecular formula is C13H16F3N3O. The van der Waals surface area contributed by atoms with E-state index < -0.39 is 11.9 Å². The Morgan fingerprint density at radius 3 is 2.90 bits per heavy atom. The van der Waals surface area contributed by atoms with Crippen LogP contribution in [0.3, 0.4) is 0 Å². The van der Waals surface area contributed by atoms with Crippen LogP contribution in [-0.4, -0.2) is 28.7 Å². The van der Waals surface area contributed by atoms with E-state index in [1.54, 1.807) is 0 Å². The minimum atomic E-state index is -4.44. The molecule has 7 heteroatoms. The Balaban J connectivity index is 1.74. The molecule has 1 aliphatic heterocycles. The van der Waals surface area contributed by atoms with Crippen LogP contribution in [0.2, 0.25) is 0 Å². The maximum Gasteiger partial charge on any atom is 0.433 e. The molecule has 1 aromatic heterocycles. The normalized spacial score (nSPS) is 30.1. The van der Waals surface area contributed by atoms with E-state index in [1.807, 2.05) is 0 Å². The number of anilines is 1. The van der Waals surface area contributed by atoms with Crippen LogP contribution < -0.4 is 5.32 Å². The van der Waals surface area contributed by atoms with Crippen LogP contribution >= 0.6 is 0 Å². The molecule has 1 saturated heterocycles. The van der Waals surface area contributed by atoms with Crippen molar-refractivity contribution in [2.75, 3.05) is 11.9 Å². The predicted octanol–water partition coefficient (Wildman–Crippen LogP) is 2.86. The Hall–Kier alpha value is -1.37. The number of hydrogen-bond acceptors (Lipinski definition) is 4. The summed E-state index contributed by atoms with van der Waals surface area (Å²) in [6, 6.07) is 0.979. The lowest BCUT2D eigenvalue weighted by Crippen LogP contribution is -2.38. The molecule has 0 radical (unpaired) electrons. The topological polar surface area (TPSA) is 47.0 Å². The smallest absolute Gasteiger partial charge is 0.378 e. The summed E-state index contributed by atoms with van der Waals surface area (Å²) in [5, 5.41) is 3.06. The number of alkyl halides is 3. The molecule has 0 bridgehead atoms. The van der Waals surface area contributed by atoms with Gasteiger partial charge in [-0.1, -0.05) is 0 Å². The Kier molecular flexibility index (Phi) is 3.54. The van der Waals surface area contributed by atoms with Crippen molar-refractivity contribution in [2.45, 2.75) is 44.0 Å². The molecule has 0 spiro atoms. The molecule has 1 saturated carbocycles. The second kappa shape index (κ2) is 5.20. The van der Waals surface area contributed by atoms with E-state index in [1.165, 1.54) is 0 Å². The summed E-state index contributed by atoms with van der Waals surface area (Å²) in [6.45, 7) is 0.733. The van der Waals surface area contributed by atoms with Gasteiger partial charge in [0.1, 0.15) is 5.69 Å². The zero-order valence-electron chi connectivity index (χ0n) is 10.9. The number of hydrogen-bond donors (Lipinski definition) is 1. The minimum Gasteiger partial charge on any atom is -0.378 e. The highest BCUT2D eigenvalue weighted by Crippen LogP contribution is 2.36. The molecule has 110 valence electrons. The first-order chi connectivity index (χ1) is 9.54. The van der Waals surface area contributed by atoms with Crippen molar-refractivity contribution in [2.24, 2.45) is 5.92 Å². The molecule has 0 aromatic carbocycles. The molecule has 3 rings (SSSR count). The molecule has 2 heterocycles. The van der Waals surface area contributed by atoms with Gasteiger partial charge in [-0.25, -0.2) is 9.97 Å². The van der Waals surface area contributed by atoms with Crippen molar-refractivity contribution in [3.05, 3.63) is 18.0 Å². The van der Waals surface area contributed by atoms with Gasteiger partial charge in [-0.2, -0.15) is 13.2 Å². The molecule has 4 nitrogen and oxygen atoms in total. The van der Waals surface area contributed by atoms with Gasteiger partial charge in [0, 0.05) is 24.8 Å². The van der Waals surface area contributed by atoms with E-state index in [4.69, 9.17) is 4.74 Å². The molecule has 0 amide bonds. The Bertz CT molecular complexity index is 480. The minimum absolute atomic E-state index is 0.0531. The first kappa shape index (κ1) is 13.6. The fourth-order valence-corrected chi connectivity index (χ4v) is 3.11. The van der Waals surface area contributed by atoms with E-state index in [0.29, 0.717) is 5.92 Å². The molecule has 0 unspecified atom stereocenters. The summed E-state index contributed by atoms with van der Waals surface area (Å²) < 4.78 is 43.5. The lowest BCUT2D eigenvalue weighted by Gasteiger charge is -2.33. The van der Waals surface area contributed by atoms with E-state index in [-0.39, 0.29) is 18.1 Å². The monoisotopic (exact) mass is 287 g/mol. The average Bonchev–Trinajstić information content (AvgIpc) is 2.87. The maximum absolute atomic E-state index is 12.6. The summed E-state index contributed by atoms with van der Waals surface area (Å²) in [7, 11) is 0. The van der Waals surface area contributed by atoms with Gasteiger partial charge in [0.15, 0.2) is 0 Å². The van der Waals surface area contributed by atoms with Gasteiger partial charge in [-0.15, -0.1) is 0 Å². The van der Waals surface area contributed by atoms with Crippen molar-refractivity contribution in [3.63, 3.8) is 0 Å². The molecule has 3 atom stereocenters. The summed E-state index contributed by atoms with van der Waals surface area (Å²) in [5.74, 6) is 0.402. The molecule has 1 N–H and O–H groups in total. The summed E-state index contributed by atoms with van der Waals surface area (Å²) >= 11 is 0. The van der Waals surface area contributed by atoms with Crippen LogP contribution in [0, 0.1) is 5.92 Å². The van der Waals surface area contributed by atoms with Crippen LogP contribution in [-0.2, 0) is 10.9 Å². The average molecular weight is 287 g/mol. The third kappa shape index (κ3) is 2.72. The molecule has 2 fully saturated rings. The highest BCUT2D eigenvalue weighted by Gasteiger charge is 2.38. The summed E-state index contributed by atoms with van der Waals surface area (Å²) in [6.07, 6.45) is 0.844. The lowest BCUT2D eigenvalue weighted by molar-refractivity contribution is -0.141. The fourth-order valence-electron chi connectivity index (χ4n) is 3.11. The van der Waals surface area contributed by atoms with Gasteiger partial charge in [0.05, 0.1) is 6.10 Å². The van der Waals surface area contributed by atoms with Crippen LogP contribution in [0.15, 0.2) is 12.3 Å². The van der Waals surface area contributed by atoms with E-state index in [0.717, 1.165) is 44.6 Å². The molecule has 1 aromatic rings. The number of ether oxygens (including phenoxy) is 1. The number of nitrogens with one attached hydrogen (secondary N) is 1. The van der Waals surface area contributed by atoms with Gasteiger partial charge < -0.3 is 10.1 Å². The van der Waals surface area contributed by atoms with E-state index in [9.17, 15) is 13.2 Å². The number of halogens is 3. The number of aromatic nitrogens is 2. The van der Waals surface area contributed by atoms with Crippen LogP contribution in [0.4, 0.5) is 19.1 Å². The van der Waals surface area contributed by atoms with Crippen molar-refractivity contribution in [3.8, 4) is 0 Å². The van der Waals surface area contributed by atoms with Gasteiger partial charge in [-0.3, -0.25) is 0 Å². The summed E-state index contributed by atoms with van der Waals surface area (Å²) in [5.41, 5.74) is -0.912. The lowest BCUT2D eigenvalue weighted by atomic mass is 9.82. The highest BCUT2D eigenvalue weighted by molar-refractivity contribution is 5.28. The zero-order valence-corrected chi connectivity index (χ0v) is 10.9. The predicted molar refractivity (Wildman–Crippen MR) is 66.1 cm³/mol. The number of nitrogens with zero attached hydrogens (tertiary/aromatic N) is 2. The first-order valence-electron chi connectivity index (χ1n) is 6.82. The van der Waals surface area contributed by atoms with Crippen LogP contribution in [0.25, 0.3) is 0 Å². The van der Waals surface area contributed by atoms with Crippen LogP contribution in [0.5, 0.6) is 0 Å². The number of fused-ring (bicyclic) bond motifs is 1. The zero-order chi connectivity index (χ0) is 14.2. The first-order valence-corrected chi connectivity index (χ1v) is 6.82. The quantitative estimate of drug-likeness (QED) is 0.908. The van der Waals surface area contributed by atoms with Gasteiger partial charge >= 0.3 is 6.18 Å². The number of rotatable bonds is 2. The van der Waals surface area contributed by atoms with Crippen molar-refractivity contribution in [1.29, 1.82) is 0 Å². The second-order valence-corrected chi connectivity index (χ2v) is 5.31. The standard InChI is InChI=1S/C13H16F3N3O/c14-13(15,16)11-4-6-17-12(19-11)18-9-2-1-3-10-8(9)5-7-20-10/h4,6,8-10H,1-3,5,7H2,(H,17,18,19)/t8-,9+,10-/m0/s1. The van der Waals surface area contributed by atoms with E-state index >= 15 is 0 Å². The van der Waals surface area contributed by atoms with Crippen molar-refractivity contribution >= 4 is 5.95 Å². The third-order valence-electron chi connectivity index (χ3n) is 4.04. The van der Waals surface area contributed by atoms with Gasteiger partial charge in [-0.05, 0) is 31.7 Å². The molecule has 2 aliphatic rings. The highest BCUT2D eigenvalue weighted by atomic mass is 19.4. The van der Waals surface area contributed by atoms with Crippen molar-refractivity contribution < 1.29 is 17.9 Å². The summed E-state index contributed by atoms with van der Waals surface area (Å²) in [4.78, 5) is 7.46. The van der Waals surface area contributed by atoms with Crippen LogP contribution in [0.1, 0.15) is 31.4 Å². The SMILES string of the molecule is FC(F)(F)c1ccnc(N[C@@H]2CCC[C@@H]3OCC[C@H]32)n1. The maximum atomic E-state index is 12.6. The third-order valence-corrected chi connectivity index (χ3v) is 4.04. The Morgan fingerprint density at radius 2 is 2.10 bits per heavy atom. The fraction of sp³-hybridized carbons (Fsp3) is 0.692. The van der Waals surface area contributed by atoms with Gasteiger partial charge in [0.2, 0.25) is 5.95 Å². The Labute approximate surface area is 114 Å². The van der Waals surface area contributed by atoms with E-state index in [2.05, 4.69) is 15.3 Å². The van der Waals surface area contributed by atoms with Crippen molar-refractivity contribution in [1.82, 2.24) is 9.97 Å². The Morgan fingerprint density at radius 1 is 1.25 bits per heavy atom. The van der Waals surface area contributed by atoms with Gasteiger partial charge in [0.25, 0.3) is 0 Å². The molecule has 1 aliphatic carbocycles. The molecule has 20 heavy (non-hydrogen) atoms. The molecular weight excluding hydrogens is 271 g/mol. The second-order valence-electron chi connectivity index (χ2n) is 5.31. The largest absolute Gasteiger partial charge is 0.433 e.